The van der Waals surface area contributed by atoms with Crippen molar-refractivity contribution < 1.29 is 33.3 Å². The molecule has 3 N–H and O–H groups in total. The largest absolute Gasteiger partial charge is 0.488 e. The number of hydrogen-bond acceptors (Lipinski definition) is 7. The summed E-state index contributed by atoms with van der Waals surface area (Å²) >= 11 is 0. The predicted molar refractivity (Wildman–Crippen MR) is 354 cm³/mol. The monoisotopic (exact) mass is 1180 g/mol. The Kier molecular flexibility index (Phi) is 20.0. The van der Waals surface area contributed by atoms with Crippen LogP contribution < -0.4 is 34.9 Å². The third-order valence-corrected chi connectivity index (χ3v) is 16.2. The average Bonchev–Trinajstić information content (AvgIpc) is 0.900. The Labute approximate surface area is 522 Å². The van der Waals surface area contributed by atoms with Gasteiger partial charge in [-0.05, 0) is 111 Å². The molecule has 0 aromatic heterocycles. The minimum atomic E-state index is -0.344. The van der Waals surface area contributed by atoms with Crippen LogP contribution in [0.25, 0.3) is 0 Å². The van der Waals surface area contributed by atoms with Gasteiger partial charge in [0.05, 0.1) is 0 Å². The molecule has 1 aliphatic carbocycles. The van der Waals surface area contributed by atoms with Gasteiger partial charge in [0.1, 0.15) is 29.6 Å². The second-order valence-electron chi connectivity index (χ2n) is 27.6. The highest BCUT2D eigenvalue weighted by Gasteiger charge is 2.30. The van der Waals surface area contributed by atoms with Gasteiger partial charge < -0.3 is 34.9 Å². The van der Waals surface area contributed by atoms with Gasteiger partial charge in [0.2, 0.25) is 0 Å². The van der Waals surface area contributed by atoms with Gasteiger partial charge in [0.25, 0.3) is 17.7 Å². The first kappa shape index (κ1) is 63.9. The standard InChI is InChI=1S/C78H89N3O7/c1-75(2,3)64-37-56-33-58-39-65(76(4,5)6)41-60(72(58)86-49-68(82)79-45-52-25-17-13-18-26-52)35-62-43-67(78(10,11)12)44-63(74(62)88-51-70(84)81-47-54-29-21-15-22-30-54)36-61-42-66(77(7,8)9)40-59(34-57(38-64)71(56)85-48-55-31-23-16-24-32-55)73(61)87-50-69(83)80-46-53-27-19-14-20-28-53/h13-32,37-44H,33-36,45-51H2,1-12H3,(H,79,82)(H,80,83)(H,81,84). The highest BCUT2D eigenvalue weighted by atomic mass is 16.5. The van der Waals surface area contributed by atoms with Crippen molar-refractivity contribution >= 4 is 17.7 Å². The molecule has 458 valence electrons. The van der Waals surface area contributed by atoms with E-state index in [2.05, 4.69) is 160 Å². The first-order chi connectivity index (χ1) is 41.8. The van der Waals surface area contributed by atoms with E-state index in [1.54, 1.807) is 0 Å². The highest BCUT2D eigenvalue weighted by Crippen LogP contribution is 2.45. The molecule has 0 unspecified atom stereocenters. The number of benzene rings is 8. The Morgan fingerprint density at radius 3 is 0.727 bits per heavy atom. The number of hydrogen-bond donors (Lipinski definition) is 3. The topological polar surface area (TPSA) is 124 Å². The van der Waals surface area contributed by atoms with E-state index in [0.29, 0.717) is 69.2 Å². The van der Waals surface area contributed by atoms with Crippen LogP contribution in [-0.2, 0) is 88.0 Å². The van der Waals surface area contributed by atoms with Gasteiger partial charge in [-0.25, -0.2) is 0 Å². The molecule has 8 aromatic carbocycles. The second kappa shape index (κ2) is 27.6. The van der Waals surface area contributed by atoms with Crippen LogP contribution in [-0.4, -0.2) is 37.5 Å². The molecular weight excluding hydrogens is 1090 g/mol. The first-order valence-corrected chi connectivity index (χ1v) is 31.0. The van der Waals surface area contributed by atoms with Crippen molar-refractivity contribution in [2.45, 2.75) is 157 Å². The van der Waals surface area contributed by atoms with E-state index in [1.165, 1.54) is 0 Å². The fraction of sp³-hybridized carbons (Fsp3) is 0.346. The molecule has 88 heavy (non-hydrogen) atoms. The maximum Gasteiger partial charge on any atom is 0.258 e. The fourth-order valence-electron chi connectivity index (χ4n) is 11.0. The number of rotatable bonds is 18. The molecule has 8 aromatic rings. The third kappa shape index (κ3) is 17.1. The normalized spacial score (nSPS) is 12.6. The Bertz CT molecular complexity index is 3540. The zero-order chi connectivity index (χ0) is 62.8. The molecule has 8 bridgehead atoms. The summed E-state index contributed by atoms with van der Waals surface area (Å²) in [6.07, 6.45) is 1.40. The van der Waals surface area contributed by atoms with Crippen LogP contribution >= 0.6 is 0 Å². The van der Waals surface area contributed by atoms with Crippen molar-refractivity contribution in [3.05, 3.63) is 259 Å². The number of fused-ring (bicyclic) bond motifs is 8. The van der Waals surface area contributed by atoms with Crippen LogP contribution in [0.15, 0.2) is 170 Å². The number of carbonyl (C=O) groups excluding carboxylic acids is 3. The smallest absolute Gasteiger partial charge is 0.258 e. The van der Waals surface area contributed by atoms with Crippen LogP contribution in [0, 0.1) is 0 Å². The molecule has 0 fully saturated rings. The molecule has 3 amide bonds. The zero-order valence-corrected chi connectivity index (χ0v) is 53.8. The minimum absolute atomic E-state index is 0.234. The molecule has 0 heterocycles. The summed E-state index contributed by atoms with van der Waals surface area (Å²) < 4.78 is 28.3. The summed E-state index contributed by atoms with van der Waals surface area (Å²) in [6, 6.07) is 57.8. The van der Waals surface area contributed by atoms with Crippen molar-refractivity contribution in [2.75, 3.05) is 19.8 Å². The van der Waals surface area contributed by atoms with E-state index >= 15 is 0 Å². The lowest BCUT2D eigenvalue weighted by Gasteiger charge is -2.29. The third-order valence-electron chi connectivity index (χ3n) is 16.2. The minimum Gasteiger partial charge on any atom is -0.488 e. The van der Waals surface area contributed by atoms with Gasteiger partial charge in [-0.2, -0.15) is 0 Å². The number of carbonyl (C=O) groups is 3. The number of nitrogens with one attached hydrogen (secondary N) is 3. The predicted octanol–water partition coefficient (Wildman–Crippen LogP) is 15.2. The van der Waals surface area contributed by atoms with Crippen LogP contribution in [0.2, 0.25) is 0 Å². The maximum absolute atomic E-state index is 14.1. The van der Waals surface area contributed by atoms with Crippen molar-refractivity contribution in [2.24, 2.45) is 0 Å². The average molecular weight is 1180 g/mol. The molecule has 0 atom stereocenters. The molecule has 0 spiro atoms. The summed E-state index contributed by atoms with van der Waals surface area (Å²) in [6.45, 7) is 27.3. The summed E-state index contributed by atoms with van der Waals surface area (Å²) in [5.41, 5.74) is 14.2. The molecule has 0 aliphatic heterocycles. The molecule has 0 radical (unpaired) electrons. The van der Waals surface area contributed by atoms with Gasteiger partial charge >= 0.3 is 0 Å². The molecule has 0 saturated heterocycles. The van der Waals surface area contributed by atoms with Crippen LogP contribution in [0.3, 0.4) is 0 Å². The van der Waals surface area contributed by atoms with Crippen LogP contribution in [0.4, 0.5) is 0 Å². The Morgan fingerprint density at radius 1 is 0.307 bits per heavy atom. The van der Waals surface area contributed by atoms with Crippen molar-refractivity contribution in [3.8, 4) is 23.0 Å². The van der Waals surface area contributed by atoms with Gasteiger partial charge in [0.15, 0.2) is 19.8 Å². The van der Waals surface area contributed by atoms with E-state index in [4.69, 9.17) is 18.9 Å². The summed E-state index contributed by atoms with van der Waals surface area (Å²) in [5, 5.41) is 9.31. The van der Waals surface area contributed by atoms with E-state index in [1.807, 2.05) is 109 Å². The van der Waals surface area contributed by atoms with Crippen molar-refractivity contribution in [1.82, 2.24) is 16.0 Å². The molecular formula is C78H89N3O7. The molecule has 9 rings (SSSR count). The lowest BCUT2D eigenvalue weighted by atomic mass is 9.79. The molecule has 1 aliphatic rings. The van der Waals surface area contributed by atoms with Crippen molar-refractivity contribution in [3.63, 3.8) is 0 Å². The maximum atomic E-state index is 14.1. The van der Waals surface area contributed by atoms with E-state index < -0.39 is 0 Å². The number of ether oxygens (including phenoxy) is 4. The van der Waals surface area contributed by atoms with Gasteiger partial charge in [0, 0.05) is 45.3 Å². The van der Waals surface area contributed by atoms with Gasteiger partial charge in [-0.15, -0.1) is 0 Å². The van der Waals surface area contributed by atoms with Crippen molar-refractivity contribution in [1.29, 1.82) is 0 Å². The first-order valence-electron chi connectivity index (χ1n) is 31.0. The van der Waals surface area contributed by atoms with E-state index in [9.17, 15) is 14.4 Å². The highest BCUT2D eigenvalue weighted by molar-refractivity contribution is 5.79. The number of amides is 3. The van der Waals surface area contributed by atoms with Crippen LogP contribution in [0.1, 0.15) is 172 Å². The quantitative estimate of drug-likeness (QED) is 0.0782. The molecule has 0 saturated carbocycles. The lowest BCUT2D eigenvalue weighted by molar-refractivity contribution is -0.124. The molecule has 10 nitrogen and oxygen atoms in total. The summed E-state index contributed by atoms with van der Waals surface area (Å²) in [5.74, 6) is 1.73. The Balaban J connectivity index is 1.30. The van der Waals surface area contributed by atoms with Gasteiger partial charge in [-0.3, -0.25) is 14.4 Å². The zero-order valence-electron chi connectivity index (χ0n) is 53.8. The van der Waals surface area contributed by atoms with Crippen LogP contribution in [0.5, 0.6) is 23.0 Å². The Morgan fingerprint density at radius 2 is 0.511 bits per heavy atom. The SMILES string of the molecule is CC(C)(C)c1cc2c(OCC(=O)NCc3ccccc3)c(c1)Cc1cc(C(C)(C)C)cc(c1OCC(=O)NCc1ccccc1)Cc1cc(C(C)(C)C)cc(c1OCc1ccccc1)Cc1cc(C(C)(C)C)cc(c1OCC(=O)NCc1ccccc1)C2. The summed E-state index contributed by atoms with van der Waals surface area (Å²) in [7, 11) is 0. The van der Waals surface area contributed by atoms with E-state index in [-0.39, 0.29) is 59.2 Å². The van der Waals surface area contributed by atoms with E-state index in [0.717, 1.165) is 94.8 Å². The summed E-state index contributed by atoms with van der Waals surface area (Å²) in [4.78, 5) is 42.4. The fourth-order valence-corrected chi connectivity index (χ4v) is 11.0. The second-order valence-corrected chi connectivity index (χ2v) is 27.6. The van der Waals surface area contributed by atoms with Gasteiger partial charge in [-0.1, -0.05) is 253 Å². The lowest BCUT2D eigenvalue weighted by Crippen LogP contribution is -2.29. The molecule has 10 heteroatoms. The Hall–Kier alpha value is -8.63.